The van der Waals surface area contributed by atoms with E-state index in [9.17, 15) is 19.2 Å². The Labute approximate surface area is 159 Å². The summed E-state index contributed by atoms with van der Waals surface area (Å²) < 4.78 is 5.02. The Kier molecular flexibility index (Phi) is 5.70. The number of ketones is 1. The number of ether oxygens (including phenoxy) is 1. The lowest BCUT2D eigenvalue weighted by molar-refractivity contribution is -0.136. The highest BCUT2D eigenvalue weighted by atomic mass is 32.1. The van der Waals surface area contributed by atoms with Gasteiger partial charge in [0, 0.05) is 37.9 Å². The maximum absolute atomic E-state index is 12.3. The van der Waals surface area contributed by atoms with Gasteiger partial charge in [-0.1, -0.05) is 6.07 Å². The van der Waals surface area contributed by atoms with Crippen LogP contribution in [-0.4, -0.2) is 71.1 Å². The Bertz CT molecular complexity index is 850. The Morgan fingerprint density at radius 1 is 1.15 bits per heavy atom. The van der Waals surface area contributed by atoms with Crippen molar-refractivity contribution in [3.05, 3.63) is 45.9 Å². The fraction of sp³-hybridized carbons (Fsp3) is 0.333. The van der Waals surface area contributed by atoms with Crippen LogP contribution < -0.4 is 0 Å². The molecule has 3 heterocycles. The molecule has 1 fully saturated rings. The lowest BCUT2D eigenvalue weighted by atomic mass is 10.2. The van der Waals surface area contributed by atoms with E-state index in [1.165, 1.54) is 30.5 Å². The first-order valence-electron chi connectivity index (χ1n) is 8.42. The standard InChI is InChI=1S/C18H19N3O5S/c1-12(22)13-9-14(19-10-13)18(25)26-11-16(23)20-4-6-21(7-5-20)17(24)15-3-2-8-27-15/h2-3,8-10,19H,4-7,11H2,1H3. The third-order valence-electron chi connectivity index (χ3n) is 4.29. The van der Waals surface area contributed by atoms with E-state index in [1.54, 1.807) is 15.9 Å². The van der Waals surface area contributed by atoms with Crippen molar-refractivity contribution in [3.63, 3.8) is 0 Å². The number of carbonyl (C=O) groups is 4. The predicted molar refractivity (Wildman–Crippen MR) is 97.9 cm³/mol. The molecule has 0 saturated carbocycles. The minimum atomic E-state index is -0.692. The van der Waals surface area contributed by atoms with E-state index >= 15 is 0 Å². The minimum absolute atomic E-state index is 0.0310. The highest BCUT2D eigenvalue weighted by Gasteiger charge is 2.26. The first-order chi connectivity index (χ1) is 13.0. The van der Waals surface area contributed by atoms with Crippen LogP contribution in [0.2, 0.25) is 0 Å². The van der Waals surface area contributed by atoms with Crippen molar-refractivity contribution in [2.75, 3.05) is 32.8 Å². The normalized spacial score (nSPS) is 14.1. The van der Waals surface area contributed by atoms with E-state index in [0.717, 1.165) is 0 Å². The van der Waals surface area contributed by atoms with Gasteiger partial charge in [0.05, 0.1) is 4.88 Å². The van der Waals surface area contributed by atoms with Crippen molar-refractivity contribution in [2.24, 2.45) is 0 Å². The van der Waals surface area contributed by atoms with Crippen LogP contribution in [0.4, 0.5) is 0 Å². The van der Waals surface area contributed by atoms with Gasteiger partial charge in [0.25, 0.3) is 11.8 Å². The summed E-state index contributed by atoms with van der Waals surface area (Å²) in [5.74, 6) is -1.21. The molecule has 2 aromatic heterocycles. The maximum atomic E-state index is 12.3. The number of aromatic amines is 1. The molecule has 0 atom stereocenters. The number of hydrogen-bond donors (Lipinski definition) is 1. The second-order valence-corrected chi connectivity index (χ2v) is 7.03. The average molecular weight is 389 g/mol. The van der Waals surface area contributed by atoms with Gasteiger partial charge in [0.15, 0.2) is 12.4 Å². The van der Waals surface area contributed by atoms with Crippen LogP contribution in [0.3, 0.4) is 0 Å². The fourth-order valence-corrected chi connectivity index (χ4v) is 3.42. The van der Waals surface area contributed by atoms with E-state index in [0.29, 0.717) is 36.6 Å². The van der Waals surface area contributed by atoms with Gasteiger partial charge in [-0.2, -0.15) is 0 Å². The number of thiophene rings is 1. The van der Waals surface area contributed by atoms with Crippen LogP contribution in [0.15, 0.2) is 29.8 Å². The molecular formula is C18H19N3O5S. The van der Waals surface area contributed by atoms with Gasteiger partial charge >= 0.3 is 5.97 Å². The minimum Gasteiger partial charge on any atom is -0.451 e. The molecule has 2 aromatic rings. The SMILES string of the molecule is CC(=O)c1c[nH]c(C(=O)OCC(=O)N2CCN(C(=O)c3cccs3)CC2)c1. The predicted octanol–water partition coefficient (Wildman–Crippen LogP) is 1.42. The van der Waals surface area contributed by atoms with Crippen LogP contribution in [0.25, 0.3) is 0 Å². The van der Waals surface area contributed by atoms with E-state index in [2.05, 4.69) is 4.98 Å². The van der Waals surface area contributed by atoms with Gasteiger partial charge in [-0.3, -0.25) is 14.4 Å². The summed E-state index contributed by atoms with van der Waals surface area (Å²) in [7, 11) is 0. The summed E-state index contributed by atoms with van der Waals surface area (Å²) >= 11 is 1.39. The van der Waals surface area contributed by atoms with Crippen LogP contribution in [0, 0.1) is 0 Å². The molecule has 0 radical (unpaired) electrons. The molecule has 1 aliphatic heterocycles. The molecule has 3 rings (SSSR count). The van der Waals surface area contributed by atoms with Gasteiger partial charge in [-0.05, 0) is 24.4 Å². The highest BCUT2D eigenvalue weighted by Crippen LogP contribution is 2.14. The lowest BCUT2D eigenvalue weighted by Gasteiger charge is -2.34. The molecule has 142 valence electrons. The Morgan fingerprint density at radius 2 is 1.85 bits per heavy atom. The fourth-order valence-electron chi connectivity index (χ4n) is 2.73. The topological polar surface area (TPSA) is 99.8 Å². The molecular weight excluding hydrogens is 370 g/mol. The van der Waals surface area contributed by atoms with E-state index in [1.807, 2.05) is 11.4 Å². The van der Waals surface area contributed by atoms with Gasteiger partial charge in [0.1, 0.15) is 5.69 Å². The summed E-state index contributed by atoms with van der Waals surface area (Å²) in [4.78, 5) is 54.3. The summed E-state index contributed by atoms with van der Waals surface area (Å²) in [6.07, 6.45) is 1.42. The summed E-state index contributed by atoms with van der Waals surface area (Å²) in [5, 5.41) is 1.85. The molecule has 0 bridgehead atoms. The number of H-pyrrole nitrogens is 1. The summed E-state index contributed by atoms with van der Waals surface area (Å²) in [6.45, 7) is 2.68. The van der Waals surface area contributed by atoms with Crippen molar-refractivity contribution < 1.29 is 23.9 Å². The first kappa shape index (κ1) is 18.8. The molecule has 0 unspecified atom stereocenters. The van der Waals surface area contributed by atoms with Crippen molar-refractivity contribution >= 4 is 34.9 Å². The van der Waals surface area contributed by atoms with Crippen molar-refractivity contribution in [2.45, 2.75) is 6.92 Å². The first-order valence-corrected chi connectivity index (χ1v) is 9.30. The number of esters is 1. The average Bonchev–Trinajstić information content (AvgIpc) is 3.37. The molecule has 27 heavy (non-hydrogen) atoms. The second kappa shape index (κ2) is 8.17. The van der Waals surface area contributed by atoms with Gasteiger partial charge in [-0.15, -0.1) is 11.3 Å². The van der Waals surface area contributed by atoms with Crippen molar-refractivity contribution in [1.82, 2.24) is 14.8 Å². The van der Waals surface area contributed by atoms with Gasteiger partial charge in [0.2, 0.25) is 0 Å². The number of aromatic nitrogens is 1. The van der Waals surface area contributed by atoms with E-state index in [4.69, 9.17) is 4.74 Å². The smallest absolute Gasteiger partial charge is 0.355 e. The Hall–Kier alpha value is -2.94. The lowest BCUT2D eigenvalue weighted by Crippen LogP contribution is -2.51. The third kappa shape index (κ3) is 4.43. The number of rotatable bonds is 5. The Balaban J connectivity index is 1.46. The number of hydrogen-bond acceptors (Lipinski definition) is 6. The Morgan fingerprint density at radius 3 is 2.44 bits per heavy atom. The van der Waals surface area contributed by atoms with Crippen molar-refractivity contribution in [1.29, 1.82) is 0 Å². The number of nitrogens with one attached hydrogen (secondary N) is 1. The number of nitrogens with zero attached hydrogens (tertiary/aromatic N) is 2. The van der Waals surface area contributed by atoms with Crippen LogP contribution in [0.1, 0.15) is 37.4 Å². The molecule has 9 heteroatoms. The molecule has 0 aliphatic carbocycles. The van der Waals surface area contributed by atoms with Crippen LogP contribution in [-0.2, 0) is 9.53 Å². The quantitative estimate of drug-likeness (QED) is 0.616. The molecule has 1 saturated heterocycles. The third-order valence-corrected chi connectivity index (χ3v) is 5.15. The molecule has 1 aliphatic rings. The van der Waals surface area contributed by atoms with Crippen molar-refractivity contribution in [3.8, 4) is 0 Å². The van der Waals surface area contributed by atoms with Crippen LogP contribution in [0.5, 0.6) is 0 Å². The maximum Gasteiger partial charge on any atom is 0.355 e. The molecule has 1 N–H and O–H groups in total. The zero-order valence-electron chi connectivity index (χ0n) is 14.8. The van der Waals surface area contributed by atoms with Gasteiger partial charge < -0.3 is 19.5 Å². The largest absolute Gasteiger partial charge is 0.451 e. The second-order valence-electron chi connectivity index (χ2n) is 6.08. The van der Waals surface area contributed by atoms with Crippen LogP contribution >= 0.6 is 11.3 Å². The summed E-state index contributed by atoms with van der Waals surface area (Å²) in [6, 6.07) is 5.00. The number of amides is 2. The number of piperazine rings is 1. The zero-order chi connectivity index (χ0) is 19.4. The van der Waals surface area contributed by atoms with E-state index < -0.39 is 5.97 Å². The molecule has 0 spiro atoms. The molecule has 2 amide bonds. The highest BCUT2D eigenvalue weighted by molar-refractivity contribution is 7.12. The van der Waals surface area contributed by atoms with Gasteiger partial charge in [-0.25, -0.2) is 4.79 Å². The molecule has 0 aromatic carbocycles. The zero-order valence-corrected chi connectivity index (χ0v) is 15.6. The number of Topliss-reactive ketones (excluding diaryl/α,β-unsaturated/α-hetero) is 1. The molecule has 8 nitrogen and oxygen atoms in total. The monoisotopic (exact) mass is 389 g/mol. The number of carbonyl (C=O) groups excluding carboxylic acids is 4. The summed E-state index contributed by atoms with van der Waals surface area (Å²) in [5.41, 5.74) is 0.499. The van der Waals surface area contributed by atoms with E-state index in [-0.39, 0.29) is 29.9 Å².